The van der Waals surface area contributed by atoms with E-state index in [4.69, 9.17) is 5.10 Å². The predicted octanol–water partition coefficient (Wildman–Crippen LogP) is 4.04. The Labute approximate surface area is 217 Å². The first-order valence-corrected chi connectivity index (χ1v) is 13.8. The van der Waals surface area contributed by atoms with Crippen molar-refractivity contribution in [1.82, 2.24) is 20.5 Å². The average molecular weight is 506 g/mol. The molecule has 1 saturated heterocycles. The van der Waals surface area contributed by atoms with Gasteiger partial charge in [0.15, 0.2) is 11.5 Å². The molecule has 2 aromatic carbocycles. The summed E-state index contributed by atoms with van der Waals surface area (Å²) in [4.78, 5) is 30.9. The van der Waals surface area contributed by atoms with Crippen molar-refractivity contribution < 1.29 is 9.59 Å². The Kier molecular flexibility index (Phi) is 7.23. The van der Waals surface area contributed by atoms with E-state index in [0.29, 0.717) is 19.4 Å². The monoisotopic (exact) mass is 505 g/mol. The lowest BCUT2D eigenvalue weighted by atomic mass is 9.75. The van der Waals surface area contributed by atoms with Crippen molar-refractivity contribution in [2.45, 2.75) is 70.7 Å². The number of hydrazone groups is 1. The number of carbonyl (C=O) groups excluding carboxylic acids is 2. The zero-order chi connectivity index (χ0) is 25.2. The lowest BCUT2D eigenvalue weighted by Crippen LogP contribution is -2.67. The number of nitrogens with zero attached hydrogens (tertiary/aromatic N) is 3. The van der Waals surface area contributed by atoms with Gasteiger partial charge in [0.25, 0.3) is 0 Å². The van der Waals surface area contributed by atoms with Crippen molar-refractivity contribution >= 4 is 28.7 Å². The van der Waals surface area contributed by atoms with E-state index in [-0.39, 0.29) is 42.0 Å². The highest BCUT2D eigenvalue weighted by molar-refractivity contribution is 8.13. The van der Waals surface area contributed by atoms with Crippen molar-refractivity contribution in [2.75, 3.05) is 0 Å². The molecule has 0 bridgehead atoms. The van der Waals surface area contributed by atoms with Crippen LogP contribution in [0.4, 0.5) is 0 Å². The minimum atomic E-state index is -0.342. The van der Waals surface area contributed by atoms with Gasteiger partial charge in [0.05, 0.1) is 5.92 Å². The molecule has 0 radical (unpaired) electrons. The Bertz CT molecular complexity index is 1140. The Morgan fingerprint density at radius 2 is 1.89 bits per heavy atom. The average Bonchev–Trinajstić information content (AvgIpc) is 3.30. The smallest absolute Gasteiger partial charge is 0.231 e. The lowest BCUT2D eigenvalue weighted by Gasteiger charge is -2.51. The normalized spacial score (nSPS) is 25.2. The molecule has 8 heteroatoms. The summed E-state index contributed by atoms with van der Waals surface area (Å²) in [6.45, 7) is 6.63. The molecule has 2 aliphatic heterocycles. The second-order valence-corrected chi connectivity index (χ2v) is 11.3. The molecular formula is C28H35N5O2S. The standard InChI is InChI=1S/C28H35N5O2S/c1-18(2)29-25(34)21-13-14-23-24(15-21)33-27(32(26(23)35)16-20-10-5-4-6-11-20)30-31-28(33)36-17-22-12-8-7-9-19(22)3/h4-12,18,21,23-24,27,30H,13-17H2,1-3H3,(H,29,34). The second kappa shape index (κ2) is 10.5. The van der Waals surface area contributed by atoms with E-state index in [1.165, 1.54) is 11.1 Å². The van der Waals surface area contributed by atoms with E-state index in [2.05, 4.69) is 59.0 Å². The van der Waals surface area contributed by atoms with E-state index in [1.807, 2.05) is 36.9 Å². The molecule has 3 aliphatic rings. The number of hydrogen-bond acceptors (Lipinski definition) is 6. The summed E-state index contributed by atoms with van der Waals surface area (Å²) >= 11 is 1.70. The SMILES string of the molecule is Cc1ccccc1CSC1=NNC2N(Cc3ccccc3)C(=O)C3CCC(C(=O)NC(C)C)CC3N12. The number of hydrogen-bond donors (Lipinski definition) is 2. The molecule has 2 aromatic rings. The summed E-state index contributed by atoms with van der Waals surface area (Å²) in [5.41, 5.74) is 6.89. The Hall–Kier alpha value is -3.00. The van der Waals surface area contributed by atoms with Crippen LogP contribution >= 0.6 is 11.8 Å². The highest BCUT2D eigenvalue weighted by Gasteiger charge is 2.53. The second-order valence-electron chi connectivity index (χ2n) is 10.3. The van der Waals surface area contributed by atoms with Gasteiger partial charge in [0.1, 0.15) is 0 Å². The van der Waals surface area contributed by atoms with Crippen molar-refractivity contribution in [3.8, 4) is 0 Å². The van der Waals surface area contributed by atoms with Gasteiger partial charge in [0, 0.05) is 30.3 Å². The predicted molar refractivity (Wildman–Crippen MR) is 144 cm³/mol. The van der Waals surface area contributed by atoms with Gasteiger partial charge in [-0.3, -0.25) is 19.9 Å². The number of nitrogens with one attached hydrogen (secondary N) is 2. The summed E-state index contributed by atoms with van der Waals surface area (Å²) < 4.78 is 0. The summed E-state index contributed by atoms with van der Waals surface area (Å²) in [7, 11) is 0. The van der Waals surface area contributed by atoms with Crippen LogP contribution in [-0.2, 0) is 21.9 Å². The first kappa shape index (κ1) is 24.7. The molecule has 4 unspecified atom stereocenters. The van der Waals surface area contributed by atoms with Crippen molar-refractivity contribution in [3.63, 3.8) is 0 Å². The Morgan fingerprint density at radius 3 is 2.64 bits per heavy atom. The molecule has 2 N–H and O–H groups in total. The fraction of sp³-hybridized carbons (Fsp3) is 0.464. The number of carbonyl (C=O) groups is 2. The van der Waals surface area contributed by atoms with Crippen molar-refractivity contribution in [2.24, 2.45) is 16.9 Å². The number of aryl methyl sites for hydroxylation is 1. The number of fused-ring (bicyclic) bond motifs is 3. The molecule has 190 valence electrons. The topological polar surface area (TPSA) is 77.0 Å². The molecule has 2 fully saturated rings. The van der Waals surface area contributed by atoms with Gasteiger partial charge in [-0.15, -0.1) is 0 Å². The van der Waals surface area contributed by atoms with Gasteiger partial charge < -0.3 is 10.2 Å². The summed E-state index contributed by atoms with van der Waals surface area (Å²) in [5.74, 6) is 0.818. The first-order chi connectivity index (χ1) is 17.4. The largest absolute Gasteiger partial charge is 0.354 e. The maximum absolute atomic E-state index is 13.8. The summed E-state index contributed by atoms with van der Waals surface area (Å²) in [6.07, 6.45) is 1.77. The molecule has 4 atom stereocenters. The van der Waals surface area contributed by atoms with Crippen LogP contribution in [0.5, 0.6) is 0 Å². The zero-order valence-electron chi connectivity index (χ0n) is 21.2. The van der Waals surface area contributed by atoms with Crippen LogP contribution in [0.25, 0.3) is 0 Å². The number of amides is 2. The first-order valence-electron chi connectivity index (χ1n) is 12.9. The van der Waals surface area contributed by atoms with Crippen LogP contribution in [-0.4, -0.2) is 45.2 Å². The zero-order valence-corrected chi connectivity index (χ0v) is 22.0. The summed E-state index contributed by atoms with van der Waals surface area (Å²) in [5, 5.41) is 8.70. The van der Waals surface area contributed by atoms with Gasteiger partial charge >= 0.3 is 0 Å². The quantitative estimate of drug-likeness (QED) is 0.620. The molecule has 1 saturated carbocycles. The molecule has 2 heterocycles. The van der Waals surface area contributed by atoms with E-state index in [9.17, 15) is 9.59 Å². The van der Waals surface area contributed by atoms with E-state index in [1.54, 1.807) is 11.8 Å². The van der Waals surface area contributed by atoms with Crippen LogP contribution in [0.3, 0.4) is 0 Å². The number of benzene rings is 2. The van der Waals surface area contributed by atoms with Gasteiger partial charge in [-0.25, -0.2) is 0 Å². The van der Waals surface area contributed by atoms with Crippen LogP contribution in [0, 0.1) is 18.8 Å². The Morgan fingerprint density at radius 1 is 1.14 bits per heavy atom. The van der Waals surface area contributed by atoms with Gasteiger partial charge in [0.2, 0.25) is 11.8 Å². The van der Waals surface area contributed by atoms with Crippen molar-refractivity contribution in [1.29, 1.82) is 0 Å². The van der Waals surface area contributed by atoms with E-state index >= 15 is 0 Å². The van der Waals surface area contributed by atoms with Crippen LogP contribution in [0.15, 0.2) is 59.7 Å². The maximum atomic E-state index is 13.8. The minimum Gasteiger partial charge on any atom is -0.354 e. The molecular weight excluding hydrogens is 470 g/mol. The lowest BCUT2D eigenvalue weighted by molar-refractivity contribution is -0.159. The molecule has 36 heavy (non-hydrogen) atoms. The molecule has 0 aromatic heterocycles. The van der Waals surface area contributed by atoms with Crippen LogP contribution in [0.1, 0.15) is 49.8 Å². The highest BCUT2D eigenvalue weighted by Crippen LogP contribution is 2.41. The Balaban J connectivity index is 1.40. The highest BCUT2D eigenvalue weighted by atomic mass is 32.2. The molecule has 0 spiro atoms. The minimum absolute atomic E-state index is 0.0516. The maximum Gasteiger partial charge on any atom is 0.231 e. The van der Waals surface area contributed by atoms with Crippen molar-refractivity contribution in [3.05, 3.63) is 71.3 Å². The fourth-order valence-corrected chi connectivity index (χ4v) is 6.67. The fourth-order valence-electron chi connectivity index (χ4n) is 5.56. The van der Waals surface area contributed by atoms with Gasteiger partial charge in [-0.05, 0) is 56.7 Å². The molecule has 5 rings (SSSR count). The third kappa shape index (κ3) is 4.96. The van der Waals surface area contributed by atoms with Gasteiger partial charge in [-0.1, -0.05) is 66.4 Å². The number of amidine groups is 1. The molecule has 2 amide bonds. The third-order valence-electron chi connectivity index (χ3n) is 7.44. The number of thioether (sulfide) groups is 1. The number of rotatable bonds is 6. The molecule has 7 nitrogen and oxygen atoms in total. The van der Waals surface area contributed by atoms with Crippen LogP contribution < -0.4 is 10.7 Å². The van der Waals surface area contributed by atoms with E-state index < -0.39 is 0 Å². The van der Waals surface area contributed by atoms with E-state index in [0.717, 1.165) is 22.9 Å². The van der Waals surface area contributed by atoms with Gasteiger partial charge in [-0.2, -0.15) is 5.10 Å². The van der Waals surface area contributed by atoms with Crippen LogP contribution in [0.2, 0.25) is 0 Å². The third-order valence-corrected chi connectivity index (χ3v) is 8.46. The molecule has 1 aliphatic carbocycles. The summed E-state index contributed by atoms with van der Waals surface area (Å²) in [6, 6.07) is 18.6.